The van der Waals surface area contributed by atoms with Crippen molar-refractivity contribution in [2.75, 3.05) is 5.43 Å². The Labute approximate surface area is 93.5 Å². The molecule has 1 aromatic rings. The molecule has 0 amide bonds. The predicted octanol–water partition coefficient (Wildman–Crippen LogP) is 1.89. The number of Topliss-reactive ketones (excluding diaryl/α,β-unsaturated/α-hetero) is 1. The zero-order chi connectivity index (χ0) is 11.8. The minimum Gasteiger partial charge on any atom is -0.411 e. The molecule has 0 atom stereocenters. The van der Waals surface area contributed by atoms with E-state index in [1.54, 1.807) is 6.92 Å². The van der Waals surface area contributed by atoms with Crippen LogP contribution in [-0.2, 0) is 4.79 Å². The van der Waals surface area contributed by atoms with E-state index in [1.807, 2.05) is 30.3 Å². The lowest BCUT2D eigenvalue weighted by molar-refractivity contribution is -0.112. The number of benzene rings is 1. The molecule has 0 unspecified atom stereocenters. The van der Waals surface area contributed by atoms with Crippen molar-refractivity contribution in [2.45, 2.75) is 13.3 Å². The van der Waals surface area contributed by atoms with Crippen LogP contribution in [0.2, 0.25) is 0 Å². The first kappa shape index (κ1) is 11.9. The van der Waals surface area contributed by atoms with Crippen molar-refractivity contribution in [1.29, 1.82) is 0 Å². The molecule has 0 bridgehead atoms. The van der Waals surface area contributed by atoms with Crippen LogP contribution in [0.25, 0.3) is 0 Å². The zero-order valence-electron chi connectivity index (χ0n) is 8.92. The smallest absolute Gasteiger partial charge is 0.184 e. The number of ketones is 1. The Balaban J connectivity index is 2.76. The molecule has 0 aliphatic rings. The van der Waals surface area contributed by atoms with Crippen LogP contribution >= 0.6 is 0 Å². The van der Waals surface area contributed by atoms with Gasteiger partial charge in [-0.2, -0.15) is 5.10 Å². The van der Waals surface area contributed by atoms with Crippen LogP contribution in [0.5, 0.6) is 0 Å². The molecule has 0 aromatic heterocycles. The molecule has 1 aromatic carbocycles. The standard InChI is InChI=1S/C11H13N3O2/c1-2-11(15)10(8-12-16)14-13-9-6-4-3-5-7-9/h3-8,13,16H,2H2,1H3/b12-8+,14-10+. The Bertz CT molecular complexity index is 399. The van der Waals surface area contributed by atoms with Crippen LogP contribution in [-0.4, -0.2) is 22.9 Å². The number of carbonyl (C=O) groups is 1. The maximum Gasteiger partial charge on any atom is 0.184 e. The van der Waals surface area contributed by atoms with Crippen molar-refractivity contribution in [3.63, 3.8) is 0 Å². The lowest BCUT2D eigenvalue weighted by atomic mass is 10.2. The number of hydrogen-bond donors (Lipinski definition) is 2. The Kier molecular flexibility index (Phi) is 4.72. The highest BCUT2D eigenvalue weighted by molar-refractivity contribution is 6.61. The molecular formula is C11H13N3O2. The summed E-state index contributed by atoms with van der Waals surface area (Å²) in [6.45, 7) is 1.71. The minimum absolute atomic E-state index is 0.0915. The van der Waals surface area contributed by atoms with Crippen LogP contribution in [0, 0.1) is 0 Å². The van der Waals surface area contributed by atoms with Gasteiger partial charge in [-0.25, -0.2) is 0 Å². The molecule has 16 heavy (non-hydrogen) atoms. The van der Waals surface area contributed by atoms with Crippen molar-refractivity contribution in [3.8, 4) is 0 Å². The number of nitrogens with zero attached hydrogens (tertiary/aromatic N) is 2. The van der Waals surface area contributed by atoms with Gasteiger partial charge < -0.3 is 5.21 Å². The van der Waals surface area contributed by atoms with Crippen LogP contribution in [0.1, 0.15) is 13.3 Å². The Morgan fingerprint density at radius 2 is 2.12 bits per heavy atom. The number of carbonyl (C=O) groups excluding carboxylic acids is 1. The van der Waals surface area contributed by atoms with Gasteiger partial charge in [0.2, 0.25) is 0 Å². The first-order chi connectivity index (χ1) is 7.77. The van der Waals surface area contributed by atoms with Crippen LogP contribution < -0.4 is 5.43 Å². The van der Waals surface area contributed by atoms with Crippen molar-refractivity contribution in [2.24, 2.45) is 10.3 Å². The molecule has 0 spiro atoms. The number of nitrogens with one attached hydrogen (secondary N) is 1. The third-order valence-corrected chi connectivity index (χ3v) is 1.87. The van der Waals surface area contributed by atoms with Gasteiger partial charge in [-0.05, 0) is 12.1 Å². The minimum atomic E-state index is -0.193. The molecule has 2 N–H and O–H groups in total. The number of para-hydroxylation sites is 1. The fourth-order valence-electron chi connectivity index (χ4n) is 1.04. The monoisotopic (exact) mass is 219 g/mol. The summed E-state index contributed by atoms with van der Waals surface area (Å²) in [6, 6.07) is 9.20. The molecule has 0 fully saturated rings. The highest BCUT2D eigenvalue weighted by Crippen LogP contribution is 2.04. The van der Waals surface area contributed by atoms with E-state index in [0.29, 0.717) is 6.42 Å². The van der Waals surface area contributed by atoms with Gasteiger partial charge in [0, 0.05) is 6.42 Å². The average molecular weight is 219 g/mol. The van der Waals surface area contributed by atoms with Crippen LogP contribution in [0.4, 0.5) is 5.69 Å². The molecule has 84 valence electrons. The summed E-state index contributed by atoms with van der Waals surface area (Å²) in [4.78, 5) is 11.4. The Morgan fingerprint density at radius 3 is 2.69 bits per heavy atom. The Hall–Kier alpha value is -2.17. The first-order valence-corrected chi connectivity index (χ1v) is 4.87. The average Bonchev–Trinajstić information content (AvgIpc) is 2.34. The topological polar surface area (TPSA) is 74.0 Å². The molecule has 0 saturated heterocycles. The lowest BCUT2D eigenvalue weighted by Crippen LogP contribution is -2.16. The third kappa shape index (κ3) is 3.53. The maximum absolute atomic E-state index is 11.4. The summed E-state index contributed by atoms with van der Waals surface area (Å²) < 4.78 is 0. The normalized spacial score (nSPS) is 11.7. The summed E-state index contributed by atoms with van der Waals surface area (Å²) in [6.07, 6.45) is 1.32. The molecule has 0 radical (unpaired) electrons. The fourth-order valence-corrected chi connectivity index (χ4v) is 1.04. The van der Waals surface area contributed by atoms with E-state index in [-0.39, 0.29) is 11.5 Å². The molecule has 0 aliphatic heterocycles. The highest BCUT2D eigenvalue weighted by Gasteiger charge is 2.06. The van der Waals surface area contributed by atoms with Crippen molar-refractivity contribution >= 4 is 23.4 Å². The van der Waals surface area contributed by atoms with Crippen molar-refractivity contribution in [1.82, 2.24) is 0 Å². The molecule has 0 aliphatic carbocycles. The SMILES string of the molecule is CCC(=O)C(/C=N/O)=N/Nc1ccccc1. The quantitative estimate of drug-likeness (QED) is 0.451. The number of anilines is 1. The highest BCUT2D eigenvalue weighted by atomic mass is 16.4. The number of hydrogen-bond acceptors (Lipinski definition) is 5. The van der Waals surface area contributed by atoms with Gasteiger partial charge in [-0.3, -0.25) is 10.2 Å². The van der Waals surface area contributed by atoms with E-state index in [0.717, 1.165) is 11.9 Å². The summed E-state index contributed by atoms with van der Waals surface area (Å²) in [5.41, 5.74) is 3.56. The van der Waals surface area contributed by atoms with Gasteiger partial charge in [0.05, 0.1) is 11.9 Å². The molecule has 5 heteroatoms. The van der Waals surface area contributed by atoms with Crippen molar-refractivity contribution < 1.29 is 10.0 Å². The molecule has 0 saturated carbocycles. The Morgan fingerprint density at radius 1 is 1.44 bits per heavy atom. The van der Waals surface area contributed by atoms with Crippen LogP contribution in [0.3, 0.4) is 0 Å². The van der Waals surface area contributed by atoms with E-state index in [4.69, 9.17) is 5.21 Å². The van der Waals surface area contributed by atoms with Gasteiger partial charge in [0.1, 0.15) is 5.71 Å². The van der Waals surface area contributed by atoms with Gasteiger partial charge in [0.25, 0.3) is 0 Å². The largest absolute Gasteiger partial charge is 0.411 e. The maximum atomic E-state index is 11.4. The second kappa shape index (κ2) is 6.34. The summed E-state index contributed by atoms with van der Waals surface area (Å²) >= 11 is 0. The third-order valence-electron chi connectivity index (χ3n) is 1.87. The second-order valence-electron chi connectivity index (χ2n) is 3.00. The van der Waals surface area contributed by atoms with Gasteiger partial charge in [-0.1, -0.05) is 30.3 Å². The molecular weight excluding hydrogens is 206 g/mol. The molecule has 0 heterocycles. The van der Waals surface area contributed by atoms with E-state index in [1.165, 1.54) is 0 Å². The summed E-state index contributed by atoms with van der Waals surface area (Å²) in [5, 5.41) is 15.0. The van der Waals surface area contributed by atoms with E-state index >= 15 is 0 Å². The van der Waals surface area contributed by atoms with E-state index in [2.05, 4.69) is 15.7 Å². The lowest BCUT2D eigenvalue weighted by Gasteiger charge is -2.01. The molecule has 1 rings (SSSR count). The fraction of sp³-hybridized carbons (Fsp3) is 0.182. The number of oxime groups is 1. The van der Waals surface area contributed by atoms with E-state index in [9.17, 15) is 4.79 Å². The second-order valence-corrected chi connectivity index (χ2v) is 3.00. The van der Waals surface area contributed by atoms with Gasteiger partial charge in [0.15, 0.2) is 5.78 Å². The first-order valence-electron chi connectivity index (χ1n) is 4.87. The van der Waals surface area contributed by atoms with Gasteiger partial charge >= 0.3 is 0 Å². The van der Waals surface area contributed by atoms with Gasteiger partial charge in [-0.15, -0.1) is 0 Å². The summed E-state index contributed by atoms with van der Waals surface area (Å²) in [5.74, 6) is -0.193. The predicted molar refractivity (Wildman–Crippen MR) is 63.1 cm³/mol. The molecule has 5 nitrogen and oxygen atoms in total. The number of hydrazone groups is 1. The van der Waals surface area contributed by atoms with E-state index < -0.39 is 0 Å². The van der Waals surface area contributed by atoms with Crippen molar-refractivity contribution in [3.05, 3.63) is 30.3 Å². The van der Waals surface area contributed by atoms with Crippen LogP contribution in [0.15, 0.2) is 40.6 Å². The number of rotatable bonds is 5. The zero-order valence-corrected chi connectivity index (χ0v) is 8.92. The summed E-state index contributed by atoms with van der Waals surface area (Å²) in [7, 11) is 0.